The van der Waals surface area contributed by atoms with E-state index in [0.29, 0.717) is 22.6 Å². The molecule has 7 nitrogen and oxygen atoms in total. The smallest absolute Gasteiger partial charge is 0.277 e. The van der Waals surface area contributed by atoms with Gasteiger partial charge >= 0.3 is 0 Å². The van der Waals surface area contributed by atoms with E-state index in [1.54, 1.807) is 11.8 Å². The van der Waals surface area contributed by atoms with Gasteiger partial charge in [-0.05, 0) is 30.5 Å². The highest BCUT2D eigenvalue weighted by Crippen LogP contribution is 2.36. The van der Waals surface area contributed by atoms with Crippen molar-refractivity contribution in [2.45, 2.75) is 16.2 Å². The molecule has 1 aliphatic heterocycles. The van der Waals surface area contributed by atoms with E-state index in [9.17, 15) is 4.79 Å². The number of carbonyl (C=O) groups excluding carboxylic acids is 1. The number of para-hydroxylation sites is 3. The summed E-state index contributed by atoms with van der Waals surface area (Å²) < 4.78 is 17.1. The third kappa shape index (κ3) is 4.26. The Balaban J connectivity index is 1.33. The minimum atomic E-state index is -0.473. The second kappa shape index (κ2) is 8.57. The maximum absolute atomic E-state index is 12.2. The molecule has 1 N–H and O–H groups in total. The third-order valence-electron chi connectivity index (χ3n) is 3.91. The van der Waals surface area contributed by atoms with Gasteiger partial charge in [0, 0.05) is 4.90 Å². The minimum absolute atomic E-state index is 0.141. The van der Waals surface area contributed by atoms with Crippen LogP contribution in [0.1, 0.15) is 12.0 Å². The Morgan fingerprint density at radius 3 is 2.79 bits per heavy atom. The molecule has 0 bridgehead atoms. The van der Waals surface area contributed by atoms with Crippen molar-refractivity contribution < 1.29 is 18.7 Å². The fraction of sp³-hybridized carbons (Fsp3) is 0.211. The van der Waals surface area contributed by atoms with Crippen LogP contribution in [0.15, 0.2) is 63.1 Å². The highest BCUT2D eigenvalue weighted by Gasteiger charge is 2.27. The summed E-state index contributed by atoms with van der Waals surface area (Å²) in [5.74, 6) is 1.67. The van der Waals surface area contributed by atoms with E-state index in [4.69, 9.17) is 13.9 Å². The molecular weight excluding hydrogens is 398 g/mol. The molecule has 0 fully saturated rings. The Morgan fingerprint density at radius 2 is 1.93 bits per heavy atom. The predicted molar refractivity (Wildman–Crippen MR) is 107 cm³/mol. The summed E-state index contributed by atoms with van der Waals surface area (Å²) in [4.78, 5) is 13.2. The van der Waals surface area contributed by atoms with Crippen LogP contribution in [0, 0.1) is 0 Å². The fourth-order valence-electron chi connectivity index (χ4n) is 2.61. The number of thioether (sulfide) groups is 2. The van der Waals surface area contributed by atoms with Gasteiger partial charge in [0.05, 0.1) is 11.4 Å². The summed E-state index contributed by atoms with van der Waals surface area (Å²) >= 11 is 2.75. The summed E-state index contributed by atoms with van der Waals surface area (Å²) in [6.45, 7) is 0.287. The minimum Gasteiger partial charge on any atom is -0.485 e. The number of benzene rings is 2. The Morgan fingerprint density at radius 1 is 1.14 bits per heavy atom. The Bertz CT molecular complexity index is 979. The highest BCUT2D eigenvalue weighted by atomic mass is 32.2. The molecule has 0 spiro atoms. The molecule has 1 amide bonds. The standard InChI is InChI=1S/C19H17N3O4S2/c1-27-16-9-5-2-6-12(16)20-17(23)11-28-19-22-21-18(26-19)15-10-24-13-7-3-4-8-14(13)25-15/h2-9,15H,10-11H2,1H3,(H,20,23)/t15-/m0/s1. The molecule has 0 saturated heterocycles. The molecule has 2 aromatic carbocycles. The summed E-state index contributed by atoms with van der Waals surface area (Å²) in [6, 6.07) is 15.1. The normalized spacial score (nSPS) is 15.2. The van der Waals surface area contributed by atoms with Gasteiger partial charge in [-0.3, -0.25) is 4.79 Å². The van der Waals surface area contributed by atoms with Crippen molar-refractivity contribution >= 4 is 35.1 Å². The second-order valence-corrected chi connectivity index (χ2v) is 7.58. The predicted octanol–water partition coefficient (Wildman–Crippen LogP) is 4.03. The number of aromatic nitrogens is 2. The number of carbonyl (C=O) groups is 1. The molecule has 1 aliphatic rings. The van der Waals surface area contributed by atoms with Gasteiger partial charge in [-0.25, -0.2) is 0 Å². The molecule has 0 unspecified atom stereocenters. The number of nitrogens with zero attached hydrogens (tertiary/aromatic N) is 2. The average molecular weight is 415 g/mol. The Kier molecular flexibility index (Phi) is 5.73. The number of ether oxygens (including phenoxy) is 2. The maximum Gasteiger partial charge on any atom is 0.277 e. The summed E-state index contributed by atoms with van der Waals surface area (Å²) in [5.41, 5.74) is 0.790. The van der Waals surface area contributed by atoms with Gasteiger partial charge in [0.15, 0.2) is 11.5 Å². The van der Waals surface area contributed by atoms with Crippen LogP contribution in [0.3, 0.4) is 0 Å². The van der Waals surface area contributed by atoms with E-state index in [2.05, 4.69) is 15.5 Å². The molecule has 9 heteroatoms. The van der Waals surface area contributed by atoms with Crippen LogP contribution in [0.4, 0.5) is 5.69 Å². The van der Waals surface area contributed by atoms with Crippen molar-refractivity contribution in [3.8, 4) is 11.5 Å². The maximum atomic E-state index is 12.2. The lowest BCUT2D eigenvalue weighted by Gasteiger charge is -2.23. The molecule has 0 aliphatic carbocycles. The van der Waals surface area contributed by atoms with Crippen LogP contribution in [0.5, 0.6) is 11.5 Å². The zero-order valence-electron chi connectivity index (χ0n) is 15.0. The third-order valence-corrected chi connectivity index (χ3v) is 5.53. The van der Waals surface area contributed by atoms with Crippen LogP contribution in [0.2, 0.25) is 0 Å². The SMILES string of the molecule is CSc1ccccc1NC(=O)CSc1nnc([C@@H]2COc3ccccc3O2)o1. The first-order valence-corrected chi connectivity index (χ1v) is 10.7. The molecular formula is C19H17N3O4S2. The molecule has 4 rings (SSSR count). The molecule has 3 aromatic rings. The monoisotopic (exact) mass is 415 g/mol. The summed E-state index contributed by atoms with van der Waals surface area (Å²) in [6.07, 6.45) is 1.49. The van der Waals surface area contributed by atoms with E-state index >= 15 is 0 Å². The van der Waals surface area contributed by atoms with Crippen molar-refractivity contribution in [1.29, 1.82) is 0 Å². The molecule has 1 aromatic heterocycles. The first-order valence-electron chi connectivity index (χ1n) is 8.50. The van der Waals surface area contributed by atoms with Crippen LogP contribution in [0.25, 0.3) is 0 Å². The lowest BCUT2D eigenvalue weighted by Crippen LogP contribution is -2.21. The first-order chi connectivity index (χ1) is 13.7. The molecule has 144 valence electrons. The summed E-state index contributed by atoms with van der Waals surface area (Å²) in [5, 5.41) is 11.2. The Hall–Kier alpha value is -2.65. The largest absolute Gasteiger partial charge is 0.485 e. The molecule has 2 heterocycles. The van der Waals surface area contributed by atoms with Gasteiger partial charge in [0.2, 0.25) is 12.0 Å². The molecule has 0 saturated carbocycles. The van der Waals surface area contributed by atoms with Crippen LogP contribution in [-0.4, -0.2) is 34.7 Å². The van der Waals surface area contributed by atoms with Crippen LogP contribution >= 0.6 is 23.5 Å². The number of hydrogen-bond acceptors (Lipinski definition) is 8. The molecule has 0 radical (unpaired) electrons. The van der Waals surface area contributed by atoms with E-state index in [0.717, 1.165) is 10.6 Å². The van der Waals surface area contributed by atoms with Gasteiger partial charge in [0.1, 0.15) is 6.61 Å². The van der Waals surface area contributed by atoms with Crippen molar-refractivity contribution in [3.05, 3.63) is 54.4 Å². The van der Waals surface area contributed by atoms with Crippen LogP contribution in [-0.2, 0) is 4.79 Å². The van der Waals surface area contributed by atoms with Gasteiger partial charge in [-0.15, -0.1) is 22.0 Å². The number of amides is 1. The van der Waals surface area contributed by atoms with E-state index in [1.165, 1.54) is 11.8 Å². The van der Waals surface area contributed by atoms with Gasteiger partial charge in [-0.1, -0.05) is 36.0 Å². The number of fused-ring (bicyclic) bond motifs is 1. The number of anilines is 1. The van der Waals surface area contributed by atoms with E-state index in [-0.39, 0.29) is 18.3 Å². The van der Waals surface area contributed by atoms with Gasteiger partial charge < -0.3 is 19.2 Å². The highest BCUT2D eigenvalue weighted by molar-refractivity contribution is 7.99. The van der Waals surface area contributed by atoms with Crippen molar-refractivity contribution in [2.24, 2.45) is 0 Å². The van der Waals surface area contributed by atoms with Crippen LogP contribution < -0.4 is 14.8 Å². The number of rotatable bonds is 6. The lowest BCUT2D eigenvalue weighted by molar-refractivity contribution is -0.113. The Labute approximate surface area is 170 Å². The van der Waals surface area contributed by atoms with E-state index < -0.39 is 6.10 Å². The zero-order valence-corrected chi connectivity index (χ0v) is 16.6. The molecule has 28 heavy (non-hydrogen) atoms. The number of nitrogens with one attached hydrogen (secondary N) is 1. The second-order valence-electron chi connectivity index (χ2n) is 5.81. The quantitative estimate of drug-likeness (QED) is 0.604. The summed E-state index contributed by atoms with van der Waals surface area (Å²) in [7, 11) is 0. The molecule has 1 atom stereocenters. The topological polar surface area (TPSA) is 86.5 Å². The van der Waals surface area contributed by atoms with Crippen molar-refractivity contribution in [2.75, 3.05) is 23.9 Å². The van der Waals surface area contributed by atoms with Crippen molar-refractivity contribution in [1.82, 2.24) is 10.2 Å². The lowest BCUT2D eigenvalue weighted by atomic mass is 10.2. The van der Waals surface area contributed by atoms with Crippen molar-refractivity contribution in [3.63, 3.8) is 0 Å². The zero-order chi connectivity index (χ0) is 19.3. The average Bonchev–Trinajstić information content (AvgIpc) is 3.21. The first kappa shape index (κ1) is 18.7. The van der Waals surface area contributed by atoms with E-state index in [1.807, 2.05) is 54.8 Å². The van der Waals surface area contributed by atoms with Gasteiger partial charge in [-0.2, -0.15) is 0 Å². The van der Waals surface area contributed by atoms with Gasteiger partial charge in [0.25, 0.3) is 11.1 Å². The fourth-order valence-corrected chi connectivity index (χ4v) is 3.73. The number of hydrogen-bond donors (Lipinski definition) is 1.